The molecule has 0 unspecified atom stereocenters. The molecule has 1 saturated heterocycles. The van der Waals surface area contributed by atoms with Crippen LogP contribution in [0.1, 0.15) is 20.8 Å². The maximum Gasteiger partial charge on any atom is 0.420 e. The fraction of sp³-hybridized carbons (Fsp3) is 0.417. The number of halogens is 1. The van der Waals surface area contributed by atoms with Gasteiger partial charge in [0.1, 0.15) is 5.60 Å². The van der Waals surface area contributed by atoms with Crippen LogP contribution in [0.4, 0.5) is 16.2 Å². The summed E-state index contributed by atoms with van der Waals surface area (Å²) in [5.74, 6) is 0. The average Bonchev–Trinajstić information content (AvgIpc) is 3.09. The molecule has 1 fully saturated rings. The highest BCUT2D eigenvalue weighted by molar-refractivity contribution is 14.1. The molecular weight excluding hydrogens is 517 g/mol. The molecule has 2 aromatic heterocycles. The molecule has 0 spiro atoms. The molecular formula is C24H30IN5O2. The number of carbonyl (C=O) groups excluding carboxylic acids is 1. The van der Waals surface area contributed by atoms with Crippen LogP contribution in [0.3, 0.4) is 0 Å². The van der Waals surface area contributed by atoms with Gasteiger partial charge in [0.25, 0.3) is 0 Å². The first-order chi connectivity index (χ1) is 15.2. The van der Waals surface area contributed by atoms with Crippen molar-refractivity contribution in [3.05, 3.63) is 40.2 Å². The zero-order valence-electron chi connectivity index (χ0n) is 19.3. The molecule has 1 N–H and O–H groups in total. The first-order valence-electron chi connectivity index (χ1n) is 10.8. The second-order valence-corrected chi connectivity index (χ2v) is 10.4. The van der Waals surface area contributed by atoms with Gasteiger partial charge in [0.2, 0.25) is 0 Å². The topological polar surface area (TPSA) is 62.6 Å². The first-order valence-corrected chi connectivity index (χ1v) is 11.9. The summed E-state index contributed by atoms with van der Waals surface area (Å²) in [6.07, 6.45) is 3.19. The molecule has 0 radical (unpaired) electrons. The van der Waals surface area contributed by atoms with Gasteiger partial charge in [-0.15, -0.1) is 0 Å². The van der Waals surface area contributed by atoms with Gasteiger partial charge in [-0.25, -0.2) is 14.3 Å². The third-order valence-corrected chi connectivity index (χ3v) is 6.49. The fourth-order valence-corrected chi connectivity index (χ4v) is 4.59. The molecule has 0 saturated carbocycles. The van der Waals surface area contributed by atoms with Crippen LogP contribution in [0.2, 0.25) is 0 Å². The Morgan fingerprint density at radius 2 is 1.84 bits per heavy atom. The van der Waals surface area contributed by atoms with Crippen molar-refractivity contribution < 1.29 is 9.53 Å². The number of benzene rings is 1. The van der Waals surface area contributed by atoms with Gasteiger partial charge in [-0.05, 0) is 74.2 Å². The van der Waals surface area contributed by atoms with Crippen molar-refractivity contribution in [2.24, 2.45) is 0 Å². The smallest absolute Gasteiger partial charge is 0.420 e. The van der Waals surface area contributed by atoms with E-state index in [1.807, 2.05) is 34.0 Å². The minimum Gasteiger partial charge on any atom is -0.443 e. The van der Waals surface area contributed by atoms with E-state index in [1.54, 1.807) is 6.20 Å². The third kappa shape index (κ3) is 4.71. The highest BCUT2D eigenvalue weighted by Gasteiger charge is 2.22. The molecule has 1 aromatic carbocycles. The molecule has 0 aliphatic carbocycles. The molecule has 0 amide bonds. The first kappa shape index (κ1) is 22.8. The van der Waals surface area contributed by atoms with E-state index in [-0.39, 0.29) is 0 Å². The Morgan fingerprint density at radius 1 is 1.12 bits per heavy atom. The van der Waals surface area contributed by atoms with Crippen LogP contribution >= 0.6 is 22.6 Å². The van der Waals surface area contributed by atoms with E-state index in [1.165, 1.54) is 10.3 Å². The minimum atomic E-state index is -0.561. The van der Waals surface area contributed by atoms with Crippen molar-refractivity contribution in [3.63, 3.8) is 0 Å². The lowest BCUT2D eigenvalue weighted by atomic mass is 10.0. The van der Waals surface area contributed by atoms with Crippen LogP contribution in [0.15, 0.2) is 36.7 Å². The number of anilines is 2. The molecule has 3 heterocycles. The van der Waals surface area contributed by atoms with Gasteiger partial charge in [-0.2, -0.15) is 0 Å². The van der Waals surface area contributed by atoms with E-state index in [0.29, 0.717) is 5.65 Å². The Morgan fingerprint density at radius 3 is 2.50 bits per heavy atom. The predicted molar refractivity (Wildman–Crippen MR) is 139 cm³/mol. The average molecular weight is 547 g/mol. The molecule has 1 aliphatic rings. The second kappa shape index (κ2) is 8.90. The standard InChI is InChI=1S/C24H30IN5O2/c1-24(2,3)32-23(31)30-15-19(25)18-12-17(14-27-22(18)30)16-6-7-21(20(13-16)26-4)29-10-8-28(5)9-11-29/h6-7,12-15,26H,8-11H2,1-5H3. The van der Waals surface area contributed by atoms with Crippen LogP contribution in [-0.4, -0.2) is 66.4 Å². The number of hydrogen-bond acceptors (Lipinski definition) is 6. The van der Waals surface area contributed by atoms with Crippen LogP contribution < -0.4 is 10.2 Å². The number of nitrogens with one attached hydrogen (secondary N) is 1. The second-order valence-electron chi connectivity index (χ2n) is 9.19. The lowest BCUT2D eigenvalue weighted by Crippen LogP contribution is -2.44. The molecule has 32 heavy (non-hydrogen) atoms. The molecule has 7 nitrogen and oxygen atoms in total. The van der Waals surface area contributed by atoms with Crippen LogP contribution in [0.5, 0.6) is 0 Å². The quantitative estimate of drug-likeness (QED) is 0.472. The summed E-state index contributed by atoms with van der Waals surface area (Å²) < 4.78 is 7.98. The normalized spacial score (nSPS) is 15.2. The predicted octanol–water partition coefficient (Wildman–Crippen LogP) is 4.88. The van der Waals surface area contributed by atoms with Gasteiger partial charge < -0.3 is 19.9 Å². The highest BCUT2D eigenvalue weighted by atomic mass is 127. The molecule has 1 aliphatic heterocycles. The van der Waals surface area contributed by atoms with Gasteiger partial charge in [0, 0.05) is 60.1 Å². The number of fused-ring (bicyclic) bond motifs is 1. The van der Waals surface area contributed by atoms with Crippen molar-refractivity contribution in [2.75, 3.05) is 50.5 Å². The van der Waals surface area contributed by atoms with E-state index in [4.69, 9.17) is 4.74 Å². The van der Waals surface area contributed by atoms with Crippen LogP contribution in [0.25, 0.3) is 22.2 Å². The minimum absolute atomic E-state index is 0.417. The van der Waals surface area contributed by atoms with Gasteiger partial charge in [0.05, 0.1) is 11.4 Å². The summed E-state index contributed by atoms with van der Waals surface area (Å²) in [5, 5.41) is 4.29. The fourth-order valence-electron chi connectivity index (χ4n) is 3.92. The van der Waals surface area contributed by atoms with E-state index in [0.717, 1.165) is 51.9 Å². The summed E-state index contributed by atoms with van der Waals surface area (Å²) in [7, 11) is 4.13. The Hall–Kier alpha value is -2.33. The van der Waals surface area contributed by atoms with E-state index < -0.39 is 11.7 Å². The van der Waals surface area contributed by atoms with E-state index >= 15 is 0 Å². The van der Waals surface area contributed by atoms with Crippen molar-refractivity contribution in [1.82, 2.24) is 14.5 Å². The van der Waals surface area contributed by atoms with Gasteiger partial charge in [-0.3, -0.25) is 0 Å². The Labute approximate surface area is 202 Å². The van der Waals surface area contributed by atoms with Crippen LogP contribution in [-0.2, 0) is 4.74 Å². The van der Waals surface area contributed by atoms with Crippen LogP contribution in [0, 0.1) is 3.57 Å². The van der Waals surface area contributed by atoms with Crippen molar-refractivity contribution in [2.45, 2.75) is 26.4 Å². The number of carbonyl (C=O) groups is 1. The number of piperazine rings is 1. The summed E-state index contributed by atoms with van der Waals surface area (Å²) in [4.78, 5) is 22.0. The van der Waals surface area contributed by atoms with Gasteiger partial charge >= 0.3 is 6.09 Å². The zero-order valence-corrected chi connectivity index (χ0v) is 21.4. The number of hydrogen-bond donors (Lipinski definition) is 1. The summed E-state index contributed by atoms with van der Waals surface area (Å²) >= 11 is 2.24. The number of aromatic nitrogens is 2. The molecule has 0 atom stereocenters. The summed E-state index contributed by atoms with van der Waals surface area (Å²) in [5.41, 5.74) is 4.47. The number of pyridine rings is 1. The lowest BCUT2D eigenvalue weighted by molar-refractivity contribution is 0.0543. The Kier molecular flexibility index (Phi) is 6.35. The van der Waals surface area contributed by atoms with Crippen molar-refractivity contribution >= 4 is 51.1 Å². The molecule has 170 valence electrons. The maximum absolute atomic E-state index is 12.6. The molecule has 4 rings (SSSR count). The van der Waals surface area contributed by atoms with Crippen molar-refractivity contribution in [3.8, 4) is 11.1 Å². The number of nitrogens with zero attached hydrogens (tertiary/aromatic N) is 4. The van der Waals surface area contributed by atoms with Gasteiger partial charge in [-0.1, -0.05) is 6.07 Å². The largest absolute Gasteiger partial charge is 0.443 e. The van der Waals surface area contributed by atoms with Crippen molar-refractivity contribution in [1.29, 1.82) is 0 Å². The molecule has 0 bridgehead atoms. The highest BCUT2D eigenvalue weighted by Crippen LogP contribution is 2.33. The summed E-state index contributed by atoms with van der Waals surface area (Å²) in [6.45, 7) is 9.76. The Bertz CT molecular complexity index is 1140. The number of ether oxygens (including phenoxy) is 1. The summed E-state index contributed by atoms with van der Waals surface area (Å²) in [6, 6.07) is 8.60. The monoisotopic (exact) mass is 547 g/mol. The SMILES string of the molecule is CNc1cc(-c2cnc3c(c2)c(I)cn3C(=O)OC(C)(C)C)ccc1N1CCN(C)CC1. The van der Waals surface area contributed by atoms with Gasteiger partial charge in [0.15, 0.2) is 5.65 Å². The van der Waals surface area contributed by atoms with E-state index in [9.17, 15) is 4.79 Å². The number of rotatable bonds is 3. The number of likely N-dealkylation sites (N-methyl/N-ethyl adjacent to an activating group) is 1. The third-order valence-electron chi connectivity index (χ3n) is 5.63. The maximum atomic E-state index is 12.6. The zero-order chi connectivity index (χ0) is 23.0. The Balaban J connectivity index is 1.66. The molecule has 8 heteroatoms. The molecule has 3 aromatic rings. The van der Waals surface area contributed by atoms with E-state index in [2.05, 4.69) is 74.0 Å². The lowest BCUT2D eigenvalue weighted by Gasteiger charge is -2.35.